The molecule has 2 aliphatic heterocycles. The number of nitrogens with zero attached hydrogens (tertiary/aromatic N) is 1. The van der Waals surface area contributed by atoms with Crippen molar-refractivity contribution < 1.29 is 35.3 Å². The van der Waals surface area contributed by atoms with Crippen LogP contribution in [0, 0.1) is 0 Å². The summed E-state index contributed by atoms with van der Waals surface area (Å²) >= 11 is 0. The van der Waals surface area contributed by atoms with Gasteiger partial charge in [-0.15, -0.1) is 0 Å². The molecule has 2 aliphatic rings. The first kappa shape index (κ1) is 14.7. The van der Waals surface area contributed by atoms with Crippen LogP contribution in [0.5, 0.6) is 0 Å². The summed E-state index contributed by atoms with van der Waals surface area (Å²) < 4.78 is 67.4. The highest BCUT2D eigenvalue weighted by Crippen LogP contribution is 2.34. The largest absolute Gasteiger partial charge is 0.534 e. The van der Waals surface area contributed by atoms with Crippen LogP contribution in [0.2, 0.25) is 0 Å². The van der Waals surface area contributed by atoms with Crippen molar-refractivity contribution in [1.29, 1.82) is 0 Å². The summed E-state index contributed by atoms with van der Waals surface area (Å²) in [5.41, 5.74) is -5.49. The molecule has 1 fully saturated rings. The second kappa shape index (κ2) is 4.69. The van der Waals surface area contributed by atoms with Crippen molar-refractivity contribution in [3.05, 3.63) is 23.7 Å². The molecule has 0 aromatic rings. The van der Waals surface area contributed by atoms with Crippen molar-refractivity contribution in [3.8, 4) is 0 Å². The van der Waals surface area contributed by atoms with Crippen LogP contribution in [-0.2, 0) is 19.0 Å². The van der Waals surface area contributed by atoms with E-state index < -0.39 is 27.8 Å². The molecule has 2 heterocycles. The van der Waals surface area contributed by atoms with E-state index in [1.165, 1.54) is 11.0 Å². The number of ether oxygens (including phenoxy) is 1. The number of rotatable bonds is 2. The number of allylic oxidation sites excluding steroid dienone is 1. The third-order valence-electron chi connectivity index (χ3n) is 2.84. The number of carbonyl (C=O) groups is 1. The number of cyclic esters (lactones) is 1. The van der Waals surface area contributed by atoms with Crippen LogP contribution in [0.15, 0.2) is 23.7 Å². The zero-order valence-electron chi connectivity index (χ0n) is 10.2. The lowest BCUT2D eigenvalue weighted by molar-refractivity contribution is -0.0525. The summed E-state index contributed by atoms with van der Waals surface area (Å²) in [7, 11) is -5.70. The summed E-state index contributed by atoms with van der Waals surface area (Å²) in [4.78, 5) is 12.7. The smallest absolute Gasteiger partial charge is 0.413 e. The zero-order valence-corrected chi connectivity index (χ0v) is 11.0. The lowest BCUT2D eigenvalue weighted by Crippen LogP contribution is -2.37. The van der Waals surface area contributed by atoms with Crippen molar-refractivity contribution in [1.82, 2.24) is 4.90 Å². The predicted octanol–water partition coefficient (Wildman–Crippen LogP) is 1.86. The molecule has 0 aromatic heterocycles. The number of amides is 1. The second-order valence-electron chi connectivity index (χ2n) is 4.08. The van der Waals surface area contributed by atoms with Gasteiger partial charge in [-0.1, -0.05) is 0 Å². The molecule has 10 heteroatoms. The number of hydrogen-bond acceptors (Lipinski definition) is 5. The first-order valence-corrected chi connectivity index (χ1v) is 6.91. The number of carbonyl (C=O) groups excluding carboxylic acids is 1. The highest BCUT2D eigenvalue weighted by Gasteiger charge is 2.50. The predicted molar refractivity (Wildman–Crippen MR) is 59.5 cm³/mol. The third-order valence-corrected chi connectivity index (χ3v) is 3.84. The molecule has 0 aromatic carbocycles. The van der Waals surface area contributed by atoms with Gasteiger partial charge in [0, 0.05) is 13.0 Å². The Bertz CT molecular complexity index is 593. The average Bonchev–Trinajstić information content (AvgIpc) is 2.64. The first-order chi connectivity index (χ1) is 9.15. The van der Waals surface area contributed by atoms with Gasteiger partial charge in [0.15, 0.2) is 0 Å². The molecule has 0 radical (unpaired) electrons. The fourth-order valence-electron chi connectivity index (χ4n) is 1.90. The van der Waals surface area contributed by atoms with Crippen LogP contribution in [0.4, 0.5) is 18.0 Å². The standard InChI is InChI=1S/C10H10F3NO5S/c1-2-8-7-5-6(3-4-14(7)9(15)18-8)19-20(16,17)10(11,12)13/h2-3,7H,4-5H2,1H3/t7-/m0/s1. The molecular weight excluding hydrogens is 303 g/mol. The van der Waals surface area contributed by atoms with Gasteiger partial charge in [-0.2, -0.15) is 21.6 Å². The molecule has 1 atom stereocenters. The van der Waals surface area contributed by atoms with Crippen LogP contribution >= 0.6 is 0 Å². The van der Waals surface area contributed by atoms with Crippen LogP contribution in [-0.4, -0.2) is 37.5 Å². The first-order valence-electron chi connectivity index (χ1n) is 5.50. The molecule has 0 N–H and O–H groups in total. The number of fused-ring (bicyclic) bond motifs is 1. The Hall–Kier alpha value is -1.71. The second-order valence-corrected chi connectivity index (χ2v) is 5.62. The van der Waals surface area contributed by atoms with Gasteiger partial charge in [0.25, 0.3) is 0 Å². The molecule has 2 rings (SSSR count). The van der Waals surface area contributed by atoms with Crippen LogP contribution in [0.3, 0.4) is 0 Å². The number of hydrogen-bond donors (Lipinski definition) is 0. The molecule has 112 valence electrons. The topological polar surface area (TPSA) is 72.9 Å². The molecule has 0 spiro atoms. The van der Waals surface area contributed by atoms with Crippen molar-refractivity contribution in [2.75, 3.05) is 6.54 Å². The normalized spacial score (nSPS) is 25.3. The van der Waals surface area contributed by atoms with Crippen molar-refractivity contribution in [2.45, 2.75) is 24.9 Å². The fraction of sp³-hybridized carbons (Fsp3) is 0.500. The van der Waals surface area contributed by atoms with Gasteiger partial charge < -0.3 is 8.92 Å². The summed E-state index contributed by atoms with van der Waals surface area (Å²) in [5.74, 6) is -0.102. The zero-order chi connectivity index (χ0) is 15.1. The van der Waals surface area contributed by atoms with Crippen molar-refractivity contribution in [3.63, 3.8) is 0 Å². The van der Waals surface area contributed by atoms with E-state index in [1.54, 1.807) is 6.92 Å². The molecule has 6 nitrogen and oxygen atoms in total. The lowest BCUT2D eigenvalue weighted by Gasteiger charge is -2.26. The highest BCUT2D eigenvalue weighted by atomic mass is 32.2. The number of halogens is 3. The molecule has 0 aliphatic carbocycles. The van der Waals surface area contributed by atoms with E-state index in [0.29, 0.717) is 0 Å². The van der Waals surface area contributed by atoms with Gasteiger partial charge in [-0.05, 0) is 19.1 Å². The maximum absolute atomic E-state index is 12.2. The molecule has 1 saturated heterocycles. The van der Waals surface area contributed by atoms with E-state index in [0.717, 1.165) is 6.08 Å². The van der Waals surface area contributed by atoms with Gasteiger partial charge in [0.2, 0.25) is 0 Å². The molecule has 0 unspecified atom stereocenters. The molecule has 0 bridgehead atoms. The van der Waals surface area contributed by atoms with Gasteiger partial charge in [0.1, 0.15) is 17.6 Å². The Morgan fingerprint density at radius 1 is 1.50 bits per heavy atom. The molecule has 20 heavy (non-hydrogen) atoms. The van der Waals surface area contributed by atoms with Gasteiger partial charge in [0.05, 0.1) is 0 Å². The Morgan fingerprint density at radius 2 is 2.15 bits per heavy atom. The van der Waals surface area contributed by atoms with E-state index in [9.17, 15) is 26.4 Å². The highest BCUT2D eigenvalue weighted by molar-refractivity contribution is 7.87. The Kier molecular flexibility index (Phi) is 3.44. The van der Waals surface area contributed by atoms with E-state index in [4.69, 9.17) is 4.74 Å². The van der Waals surface area contributed by atoms with E-state index >= 15 is 0 Å². The van der Waals surface area contributed by atoms with Crippen molar-refractivity contribution in [2.24, 2.45) is 0 Å². The quantitative estimate of drug-likeness (QED) is 0.575. The maximum atomic E-state index is 12.2. The minimum atomic E-state index is -5.70. The Labute approximate surface area is 112 Å². The molecule has 1 amide bonds. The minimum Gasteiger partial charge on any atom is -0.413 e. The third kappa shape index (κ3) is 2.47. The van der Waals surface area contributed by atoms with Crippen LogP contribution < -0.4 is 0 Å². The summed E-state index contributed by atoms with van der Waals surface area (Å²) in [6, 6.07) is -0.643. The van der Waals surface area contributed by atoms with Gasteiger partial charge in [-0.25, -0.2) is 4.79 Å². The molecule has 0 saturated carbocycles. The maximum Gasteiger partial charge on any atom is 0.534 e. The SMILES string of the molecule is CC=C1OC(=O)N2CC=C(OS(=O)(=O)C(F)(F)F)C[C@@H]12. The van der Waals surface area contributed by atoms with Gasteiger partial charge >= 0.3 is 21.7 Å². The Morgan fingerprint density at radius 3 is 2.70 bits per heavy atom. The van der Waals surface area contributed by atoms with E-state index in [2.05, 4.69) is 4.18 Å². The van der Waals surface area contributed by atoms with E-state index in [-0.39, 0.29) is 24.5 Å². The van der Waals surface area contributed by atoms with Crippen molar-refractivity contribution >= 4 is 16.2 Å². The number of alkyl halides is 3. The summed E-state index contributed by atoms with van der Waals surface area (Å²) in [5, 5.41) is 0. The lowest BCUT2D eigenvalue weighted by atomic mass is 10.1. The van der Waals surface area contributed by atoms with Crippen LogP contribution in [0.1, 0.15) is 13.3 Å². The van der Waals surface area contributed by atoms with E-state index in [1.807, 2.05) is 0 Å². The monoisotopic (exact) mass is 313 g/mol. The summed E-state index contributed by atoms with van der Waals surface area (Å²) in [6.07, 6.45) is 1.78. The fourth-order valence-corrected chi connectivity index (χ4v) is 2.41. The Balaban J connectivity index is 2.19. The minimum absolute atomic E-state index is 0.0798. The molecular formula is C10H10F3NO5S. The van der Waals surface area contributed by atoms with Crippen LogP contribution in [0.25, 0.3) is 0 Å². The summed E-state index contributed by atoms with van der Waals surface area (Å²) in [6.45, 7) is 1.51. The average molecular weight is 313 g/mol. The van der Waals surface area contributed by atoms with Gasteiger partial charge in [-0.3, -0.25) is 4.90 Å².